The van der Waals surface area contributed by atoms with Crippen LogP contribution in [0.25, 0.3) is 0 Å². The van der Waals surface area contributed by atoms with E-state index in [-0.39, 0.29) is 22.6 Å². The average molecular weight is 366 g/mol. The summed E-state index contributed by atoms with van der Waals surface area (Å²) in [6, 6.07) is 8.18. The summed E-state index contributed by atoms with van der Waals surface area (Å²) < 4.78 is 32.9. The summed E-state index contributed by atoms with van der Waals surface area (Å²) in [5.41, 5.74) is -0.526. The molecule has 8 nitrogen and oxygen atoms in total. The molecule has 0 fully saturated rings. The molecule has 0 aromatic heterocycles. The van der Waals surface area contributed by atoms with Crippen molar-refractivity contribution in [3.05, 3.63) is 63.7 Å². The molecule has 0 aliphatic carbocycles. The quantitative estimate of drug-likeness (QED) is 0.478. The van der Waals surface area contributed by atoms with E-state index < -0.39 is 29.1 Å². The van der Waals surface area contributed by atoms with Crippen molar-refractivity contribution in [3.8, 4) is 5.75 Å². The predicted molar refractivity (Wildman–Crippen MR) is 85.5 cm³/mol. The Morgan fingerprint density at radius 1 is 1.12 bits per heavy atom. The summed E-state index contributed by atoms with van der Waals surface area (Å²) in [7, 11) is 1.10. The molecule has 0 aliphatic rings. The first-order valence-corrected chi connectivity index (χ1v) is 7.04. The molecule has 136 valence electrons. The first kappa shape index (κ1) is 18.8. The molecule has 0 radical (unpaired) electrons. The first-order valence-electron chi connectivity index (χ1n) is 7.04. The number of alkyl halides is 2. The maximum absolute atomic E-state index is 12.3. The van der Waals surface area contributed by atoms with E-state index >= 15 is 0 Å². The maximum Gasteiger partial charge on any atom is 0.387 e. The number of hydrogen-bond donors (Lipinski definition) is 1. The van der Waals surface area contributed by atoms with Gasteiger partial charge in [0.1, 0.15) is 5.75 Å². The van der Waals surface area contributed by atoms with Crippen molar-refractivity contribution < 1.29 is 32.8 Å². The number of nitrogens with one attached hydrogen (secondary N) is 1. The van der Waals surface area contributed by atoms with Gasteiger partial charge in [0.25, 0.3) is 11.6 Å². The van der Waals surface area contributed by atoms with Crippen LogP contribution in [-0.2, 0) is 4.74 Å². The highest BCUT2D eigenvalue weighted by Crippen LogP contribution is 2.21. The van der Waals surface area contributed by atoms with Gasteiger partial charge in [0.2, 0.25) is 0 Å². The normalized spacial score (nSPS) is 10.3. The van der Waals surface area contributed by atoms with E-state index in [0.717, 1.165) is 25.3 Å². The number of carbonyl (C=O) groups excluding carboxylic acids is 2. The lowest BCUT2D eigenvalue weighted by atomic mass is 10.1. The molecule has 0 saturated carbocycles. The molecule has 0 heterocycles. The molecule has 1 amide bonds. The van der Waals surface area contributed by atoms with Gasteiger partial charge >= 0.3 is 12.6 Å². The van der Waals surface area contributed by atoms with Gasteiger partial charge in [0, 0.05) is 23.4 Å². The Kier molecular flexibility index (Phi) is 5.78. The van der Waals surface area contributed by atoms with Crippen LogP contribution in [-0.4, -0.2) is 30.5 Å². The molecule has 1 N–H and O–H groups in total. The number of esters is 1. The van der Waals surface area contributed by atoms with Crippen molar-refractivity contribution in [3.63, 3.8) is 0 Å². The van der Waals surface area contributed by atoms with E-state index in [0.29, 0.717) is 0 Å². The zero-order valence-electron chi connectivity index (χ0n) is 13.3. The predicted octanol–water partition coefficient (Wildman–Crippen LogP) is 3.24. The molecule has 10 heteroatoms. The SMILES string of the molecule is COC(=O)c1cc(C(=O)Nc2ccc(OC(F)F)cc2)cc([N+](=O)[O-])c1. The fraction of sp³-hybridized carbons (Fsp3) is 0.125. The Morgan fingerprint density at radius 2 is 1.73 bits per heavy atom. The van der Waals surface area contributed by atoms with E-state index in [1.54, 1.807) is 0 Å². The van der Waals surface area contributed by atoms with Crippen LogP contribution in [0.3, 0.4) is 0 Å². The standard InChI is InChI=1S/C16H12F2N2O6/c1-25-15(22)10-6-9(7-12(8-10)20(23)24)14(21)19-11-2-4-13(5-3-11)26-16(17)18/h2-8,16H,1H3,(H,19,21). The molecule has 2 aromatic rings. The zero-order chi connectivity index (χ0) is 19.3. The lowest BCUT2D eigenvalue weighted by molar-refractivity contribution is -0.384. The summed E-state index contributed by atoms with van der Waals surface area (Å²) in [5.74, 6) is -1.67. The van der Waals surface area contributed by atoms with Crippen LogP contribution in [0.15, 0.2) is 42.5 Å². The minimum atomic E-state index is -2.97. The smallest absolute Gasteiger partial charge is 0.387 e. The molecule has 26 heavy (non-hydrogen) atoms. The number of benzene rings is 2. The Bertz CT molecular complexity index is 839. The van der Waals surface area contributed by atoms with Crippen molar-refractivity contribution in [2.24, 2.45) is 0 Å². The lowest BCUT2D eigenvalue weighted by Gasteiger charge is -2.08. The molecule has 0 aliphatic heterocycles. The van der Waals surface area contributed by atoms with Gasteiger partial charge in [-0.2, -0.15) is 8.78 Å². The van der Waals surface area contributed by atoms with Gasteiger partial charge in [-0.05, 0) is 30.3 Å². The van der Waals surface area contributed by atoms with Crippen molar-refractivity contribution in [2.75, 3.05) is 12.4 Å². The number of halogens is 2. The Balaban J connectivity index is 2.24. The second-order valence-corrected chi connectivity index (χ2v) is 4.87. The number of nitro groups is 1. The number of hydrogen-bond acceptors (Lipinski definition) is 6. The molecule has 0 atom stereocenters. The third-order valence-electron chi connectivity index (χ3n) is 3.15. The number of nitrogens with zero attached hydrogens (tertiary/aromatic N) is 1. The highest BCUT2D eigenvalue weighted by Gasteiger charge is 2.18. The number of carbonyl (C=O) groups is 2. The minimum Gasteiger partial charge on any atom is -0.465 e. The van der Waals surface area contributed by atoms with E-state index in [2.05, 4.69) is 14.8 Å². The van der Waals surface area contributed by atoms with Gasteiger partial charge in [-0.15, -0.1) is 0 Å². The van der Waals surface area contributed by atoms with Crippen LogP contribution in [0, 0.1) is 10.1 Å². The highest BCUT2D eigenvalue weighted by atomic mass is 19.3. The second kappa shape index (κ2) is 8.01. The number of methoxy groups -OCH3 is 1. The molecular formula is C16H12F2N2O6. The summed E-state index contributed by atoms with van der Waals surface area (Å²) in [6.07, 6.45) is 0. The van der Waals surface area contributed by atoms with Crippen LogP contribution in [0.4, 0.5) is 20.2 Å². The zero-order valence-corrected chi connectivity index (χ0v) is 13.3. The van der Waals surface area contributed by atoms with Crippen LogP contribution >= 0.6 is 0 Å². The van der Waals surface area contributed by atoms with Gasteiger partial charge in [-0.25, -0.2) is 4.79 Å². The van der Waals surface area contributed by atoms with Gasteiger partial charge in [0.15, 0.2) is 0 Å². The van der Waals surface area contributed by atoms with E-state index in [4.69, 9.17) is 0 Å². The summed E-state index contributed by atoms with van der Waals surface area (Å²) in [6.45, 7) is -2.97. The van der Waals surface area contributed by atoms with Crippen molar-refractivity contribution in [2.45, 2.75) is 6.61 Å². The molecule has 2 rings (SSSR count). The monoisotopic (exact) mass is 366 g/mol. The third kappa shape index (κ3) is 4.72. The van der Waals surface area contributed by atoms with E-state index in [1.807, 2.05) is 0 Å². The lowest BCUT2D eigenvalue weighted by Crippen LogP contribution is -2.14. The first-order chi connectivity index (χ1) is 12.3. The fourth-order valence-electron chi connectivity index (χ4n) is 2.01. The van der Waals surface area contributed by atoms with Gasteiger partial charge in [0.05, 0.1) is 17.6 Å². The van der Waals surface area contributed by atoms with Gasteiger partial charge < -0.3 is 14.8 Å². The highest BCUT2D eigenvalue weighted by molar-refractivity contribution is 6.06. The summed E-state index contributed by atoms with van der Waals surface area (Å²) >= 11 is 0. The van der Waals surface area contributed by atoms with E-state index in [1.165, 1.54) is 24.3 Å². The fourth-order valence-corrected chi connectivity index (χ4v) is 2.01. The van der Waals surface area contributed by atoms with E-state index in [9.17, 15) is 28.5 Å². The minimum absolute atomic E-state index is 0.0960. The number of nitro benzene ring substituents is 1. The number of ether oxygens (including phenoxy) is 2. The van der Waals surface area contributed by atoms with Crippen LogP contribution in [0.1, 0.15) is 20.7 Å². The molecule has 0 saturated heterocycles. The van der Waals surface area contributed by atoms with Gasteiger partial charge in [-0.1, -0.05) is 0 Å². The van der Waals surface area contributed by atoms with Crippen molar-refractivity contribution >= 4 is 23.3 Å². The number of anilines is 1. The summed E-state index contributed by atoms with van der Waals surface area (Å²) in [4.78, 5) is 34.1. The van der Waals surface area contributed by atoms with Crippen LogP contribution in [0.5, 0.6) is 5.75 Å². The molecule has 2 aromatic carbocycles. The van der Waals surface area contributed by atoms with Crippen molar-refractivity contribution in [1.29, 1.82) is 0 Å². The largest absolute Gasteiger partial charge is 0.465 e. The van der Waals surface area contributed by atoms with Crippen molar-refractivity contribution in [1.82, 2.24) is 0 Å². The third-order valence-corrected chi connectivity index (χ3v) is 3.15. The molecular weight excluding hydrogens is 354 g/mol. The second-order valence-electron chi connectivity index (χ2n) is 4.87. The topological polar surface area (TPSA) is 108 Å². The Hall–Kier alpha value is -3.56. The maximum atomic E-state index is 12.3. The van der Waals surface area contributed by atoms with Crippen LogP contribution in [0.2, 0.25) is 0 Å². The Morgan fingerprint density at radius 3 is 2.27 bits per heavy atom. The number of non-ortho nitro benzene ring substituents is 1. The number of rotatable bonds is 6. The van der Waals surface area contributed by atoms with Gasteiger partial charge in [-0.3, -0.25) is 14.9 Å². The average Bonchev–Trinajstić information content (AvgIpc) is 2.61. The number of amides is 1. The molecule has 0 unspecified atom stereocenters. The Labute approximate surface area is 145 Å². The summed E-state index contributed by atoms with van der Waals surface area (Å²) in [5, 5.41) is 13.4. The van der Waals surface area contributed by atoms with Crippen LogP contribution < -0.4 is 10.1 Å². The molecule has 0 bridgehead atoms. The molecule has 0 spiro atoms.